The molecule has 72 valence electrons. The summed E-state index contributed by atoms with van der Waals surface area (Å²) in [6.07, 6.45) is 0. The van der Waals surface area contributed by atoms with Crippen molar-refractivity contribution in [3.63, 3.8) is 0 Å². The lowest BCUT2D eigenvalue weighted by molar-refractivity contribution is 0.265. The average Bonchev–Trinajstić information content (AvgIpc) is 2.17. The second-order valence-corrected chi connectivity index (χ2v) is 2.84. The van der Waals surface area contributed by atoms with Gasteiger partial charge in [0.25, 0.3) is 0 Å². The van der Waals surface area contributed by atoms with Gasteiger partial charge < -0.3 is 21.1 Å². The molecule has 0 aliphatic rings. The molecule has 1 atom stereocenters. The van der Waals surface area contributed by atoms with Gasteiger partial charge in [0.2, 0.25) is 0 Å². The van der Waals surface area contributed by atoms with Crippen LogP contribution in [0.3, 0.4) is 0 Å². The third-order valence-electron chi connectivity index (χ3n) is 1.90. The van der Waals surface area contributed by atoms with Gasteiger partial charge in [0.15, 0.2) is 0 Å². The third kappa shape index (κ3) is 2.18. The number of phenols is 1. The summed E-state index contributed by atoms with van der Waals surface area (Å²) in [5.74, 6) is 0.0383. The van der Waals surface area contributed by atoms with E-state index < -0.39 is 6.04 Å². The first-order valence-corrected chi connectivity index (χ1v) is 3.98. The Bertz CT molecular complexity index is 288. The molecular weight excluding hydrogens is 170 g/mol. The summed E-state index contributed by atoms with van der Waals surface area (Å²) in [7, 11) is 0. The summed E-state index contributed by atoms with van der Waals surface area (Å²) in [6.45, 7) is -0.395. The summed E-state index contributed by atoms with van der Waals surface area (Å²) in [4.78, 5) is 0. The highest BCUT2D eigenvalue weighted by Crippen LogP contribution is 2.21. The van der Waals surface area contributed by atoms with Crippen LogP contribution in [0.4, 0.5) is 0 Å². The average molecular weight is 183 g/mol. The number of aliphatic hydroxyl groups is 2. The fraction of sp³-hybridized carbons (Fsp3) is 0.333. The summed E-state index contributed by atoms with van der Waals surface area (Å²) in [6, 6.07) is 4.19. The SMILES string of the molecule is NC(CO)c1ccc(O)c(CO)c1. The van der Waals surface area contributed by atoms with Gasteiger partial charge in [-0.3, -0.25) is 0 Å². The number of benzene rings is 1. The second kappa shape index (κ2) is 4.23. The number of aliphatic hydroxyl groups excluding tert-OH is 2. The molecule has 1 aromatic carbocycles. The van der Waals surface area contributed by atoms with E-state index in [9.17, 15) is 5.11 Å². The predicted octanol–water partition coefficient (Wildman–Crippen LogP) is -0.123. The van der Waals surface area contributed by atoms with Crippen LogP contribution in [-0.2, 0) is 6.61 Å². The second-order valence-electron chi connectivity index (χ2n) is 2.84. The van der Waals surface area contributed by atoms with Crippen molar-refractivity contribution in [2.45, 2.75) is 12.6 Å². The van der Waals surface area contributed by atoms with Crippen LogP contribution < -0.4 is 5.73 Å². The van der Waals surface area contributed by atoms with E-state index in [0.717, 1.165) is 0 Å². The molecule has 1 unspecified atom stereocenters. The topological polar surface area (TPSA) is 86.7 Å². The Kier molecular flexibility index (Phi) is 3.25. The Balaban J connectivity index is 2.99. The molecule has 4 heteroatoms. The van der Waals surface area contributed by atoms with Gasteiger partial charge in [-0.1, -0.05) is 6.07 Å². The van der Waals surface area contributed by atoms with Crippen molar-refractivity contribution in [3.05, 3.63) is 29.3 Å². The van der Waals surface area contributed by atoms with E-state index in [1.54, 1.807) is 12.1 Å². The van der Waals surface area contributed by atoms with Gasteiger partial charge in [0.05, 0.1) is 19.3 Å². The van der Waals surface area contributed by atoms with Crippen LogP contribution in [-0.4, -0.2) is 21.9 Å². The van der Waals surface area contributed by atoms with Gasteiger partial charge in [0, 0.05) is 5.56 Å². The van der Waals surface area contributed by atoms with Crippen molar-refractivity contribution in [2.24, 2.45) is 5.73 Å². The van der Waals surface area contributed by atoms with E-state index >= 15 is 0 Å². The maximum Gasteiger partial charge on any atom is 0.121 e. The molecule has 1 rings (SSSR count). The predicted molar refractivity (Wildman–Crippen MR) is 48.0 cm³/mol. The van der Waals surface area contributed by atoms with E-state index in [0.29, 0.717) is 11.1 Å². The Labute approximate surface area is 76.2 Å². The van der Waals surface area contributed by atoms with E-state index in [1.807, 2.05) is 0 Å². The monoisotopic (exact) mass is 183 g/mol. The molecule has 0 spiro atoms. The molecule has 0 fully saturated rings. The number of hydrogen-bond acceptors (Lipinski definition) is 4. The van der Waals surface area contributed by atoms with Gasteiger partial charge in [-0.25, -0.2) is 0 Å². The Morgan fingerprint density at radius 2 is 2.00 bits per heavy atom. The third-order valence-corrected chi connectivity index (χ3v) is 1.90. The molecular formula is C9H13NO3. The highest BCUT2D eigenvalue weighted by molar-refractivity contribution is 5.36. The van der Waals surface area contributed by atoms with Crippen molar-refractivity contribution in [1.82, 2.24) is 0 Å². The number of nitrogens with two attached hydrogens (primary N) is 1. The Morgan fingerprint density at radius 3 is 2.54 bits per heavy atom. The lowest BCUT2D eigenvalue weighted by Gasteiger charge is -2.10. The van der Waals surface area contributed by atoms with Crippen molar-refractivity contribution in [2.75, 3.05) is 6.61 Å². The molecule has 0 amide bonds. The number of aromatic hydroxyl groups is 1. The largest absolute Gasteiger partial charge is 0.508 e. The van der Waals surface area contributed by atoms with E-state index in [2.05, 4.69) is 0 Å². The fourth-order valence-corrected chi connectivity index (χ4v) is 1.07. The lowest BCUT2D eigenvalue weighted by atomic mass is 10.0. The molecule has 4 nitrogen and oxygen atoms in total. The number of rotatable bonds is 3. The summed E-state index contributed by atoms with van der Waals surface area (Å²) < 4.78 is 0. The molecule has 5 N–H and O–H groups in total. The van der Waals surface area contributed by atoms with Gasteiger partial charge in [-0.2, -0.15) is 0 Å². The molecule has 0 aliphatic heterocycles. The maximum atomic E-state index is 9.23. The van der Waals surface area contributed by atoms with Crippen LogP contribution in [0, 0.1) is 0 Å². The zero-order valence-corrected chi connectivity index (χ0v) is 7.14. The first kappa shape index (κ1) is 9.98. The minimum Gasteiger partial charge on any atom is -0.508 e. The Hall–Kier alpha value is -1.10. The highest BCUT2D eigenvalue weighted by Gasteiger charge is 2.07. The molecule has 0 bridgehead atoms. The van der Waals surface area contributed by atoms with Gasteiger partial charge in [-0.05, 0) is 17.7 Å². The normalized spacial score (nSPS) is 12.8. The lowest BCUT2D eigenvalue weighted by Crippen LogP contribution is -2.14. The van der Waals surface area contributed by atoms with Crippen LogP contribution in [0.15, 0.2) is 18.2 Å². The first-order valence-electron chi connectivity index (χ1n) is 3.98. The van der Waals surface area contributed by atoms with E-state index in [-0.39, 0.29) is 19.0 Å². The van der Waals surface area contributed by atoms with Crippen LogP contribution in [0.1, 0.15) is 17.2 Å². The summed E-state index contributed by atoms with van der Waals surface area (Å²) in [5, 5.41) is 26.8. The molecule has 0 saturated carbocycles. The van der Waals surface area contributed by atoms with Crippen molar-refractivity contribution >= 4 is 0 Å². The Morgan fingerprint density at radius 1 is 1.31 bits per heavy atom. The van der Waals surface area contributed by atoms with Gasteiger partial charge in [-0.15, -0.1) is 0 Å². The highest BCUT2D eigenvalue weighted by atomic mass is 16.3. The minimum atomic E-state index is -0.467. The summed E-state index contributed by atoms with van der Waals surface area (Å²) >= 11 is 0. The quantitative estimate of drug-likeness (QED) is 0.526. The summed E-state index contributed by atoms with van der Waals surface area (Å²) in [5.41, 5.74) is 6.67. The molecule has 0 aliphatic carbocycles. The van der Waals surface area contributed by atoms with Crippen molar-refractivity contribution in [1.29, 1.82) is 0 Å². The van der Waals surface area contributed by atoms with Crippen molar-refractivity contribution < 1.29 is 15.3 Å². The zero-order valence-electron chi connectivity index (χ0n) is 7.14. The van der Waals surface area contributed by atoms with Crippen LogP contribution in [0.5, 0.6) is 5.75 Å². The maximum absolute atomic E-state index is 9.23. The minimum absolute atomic E-state index is 0.0383. The molecule has 0 radical (unpaired) electrons. The van der Waals surface area contributed by atoms with Crippen molar-refractivity contribution in [3.8, 4) is 5.75 Å². The van der Waals surface area contributed by atoms with E-state index in [1.165, 1.54) is 6.07 Å². The molecule has 0 heterocycles. The molecule has 0 saturated heterocycles. The smallest absolute Gasteiger partial charge is 0.121 e. The first-order chi connectivity index (χ1) is 6.19. The standard InChI is InChI=1S/C9H13NO3/c10-8(5-12)6-1-2-9(13)7(3-6)4-11/h1-3,8,11-13H,4-5,10H2. The molecule has 1 aromatic rings. The molecule has 0 aromatic heterocycles. The fourth-order valence-electron chi connectivity index (χ4n) is 1.07. The van der Waals surface area contributed by atoms with E-state index in [4.69, 9.17) is 15.9 Å². The van der Waals surface area contributed by atoms with Gasteiger partial charge in [0.1, 0.15) is 5.75 Å². The molecule has 13 heavy (non-hydrogen) atoms. The van der Waals surface area contributed by atoms with Crippen LogP contribution in [0.2, 0.25) is 0 Å². The number of hydrogen-bond donors (Lipinski definition) is 4. The van der Waals surface area contributed by atoms with Gasteiger partial charge >= 0.3 is 0 Å². The van der Waals surface area contributed by atoms with Crippen LogP contribution >= 0.6 is 0 Å². The van der Waals surface area contributed by atoms with Crippen LogP contribution in [0.25, 0.3) is 0 Å². The zero-order chi connectivity index (χ0) is 9.84.